The summed E-state index contributed by atoms with van der Waals surface area (Å²) in [6, 6.07) is 10.2. The molecule has 0 spiro atoms. The van der Waals surface area contributed by atoms with Gasteiger partial charge in [-0.25, -0.2) is 9.37 Å². The third kappa shape index (κ3) is 3.04. The minimum Gasteiger partial charge on any atom is -0.453 e. The summed E-state index contributed by atoms with van der Waals surface area (Å²) in [4.78, 5) is 19.4. The number of nitrogens with one attached hydrogen (secondary N) is 1. The van der Waals surface area contributed by atoms with Gasteiger partial charge in [0.1, 0.15) is 11.4 Å². The first-order chi connectivity index (χ1) is 14.5. The Bertz CT molecular complexity index is 1350. The highest BCUT2D eigenvalue weighted by molar-refractivity contribution is 6.35. The van der Waals surface area contributed by atoms with Crippen LogP contribution < -0.4 is 15.6 Å². The van der Waals surface area contributed by atoms with E-state index in [1.54, 1.807) is 30.5 Å². The summed E-state index contributed by atoms with van der Waals surface area (Å²) in [6.07, 6.45) is 1.61. The first-order valence-corrected chi connectivity index (χ1v) is 10.2. The van der Waals surface area contributed by atoms with E-state index in [2.05, 4.69) is 10.3 Å². The zero-order chi connectivity index (χ0) is 20.8. The lowest BCUT2D eigenvalue weighted by atomic mass is 9.99. The molecule has 7 heteroatoms. The second kappa shape index (κ2) is 7.38. The van der Waals surface area contributed by atoms with Gasteiger partial charge in [0.05, 0.1) is 16.1 Å². The molecule has 0 saturated carbocycles. The van der Waals surface area contributed by atoms with Crippen LogP contribution in [-0.2, 0) is 0 Å². The third-order valence-corrected chi connectivity index (χ3v) is 5.86. The average molecular weight is 424 g/mol. The van der Waals surface area contributed by atoms with Gasteiger partial charge in [0.15, 0.2) is 11.1 Å². The maximum Gasteiger partial charge on any atom is 0.220 e. The standard InChI is InChI=1S/C23H19ClFN3O2/c1-13-12-27-21-22(29)20-15(24)3-2-4-18(20)30-23(21)19(13)14-5-6-17(16(25)11-14)28-9-7-26-8-10-28/h2-6,11-12,26H,7-10H2,1H3. The second-order valence-electron chi connectivity index (χ2n) is 7.44. The van der Waals surface area contributed by atoms with Crippen molar-refractivity contribution in [3.8, 4) is 11.1 Å². The van der Waals surface area contributed by atoms with Crippen molar-refractivity contribution in [1.29, 1.82) is 0 Å². The van der Waals surface area contributed by atoms with E-state index in [4.69, 9.17) is 16.0 Å². The Balaban J connectivity index is 1.72. The van der Waals surface area contributed by atoms with E-state index in [0.29, 0.717) is 38.4 Å². The molecule has 1 aliphatic heterocycles. The molecule has 5 nitrogen and oxygen atoms in total. The summed E-state index contributed by atoms with van der Waals surface area (Å²) in [7, 11) is 0. The molecular formula is C23H19ClFN3O2. The van der Waals surface area contributed by atoms with Crippen molar-refractivity contribution in [3.05, 3.63) is 69.2 Å². The molecule has 2 aromatic carbocycles. The van der Waals surface area contributed by atoms with E-state index < -0.39 is 0 Å². The van der Waals surface area contributed by atoms with Crippen molar-refractivity contribution < 1.29 is 8.81 Å². The fraction of sp³-hybridized carbons (Fsp3) is 0.217. The average Bonchev–Trinajstić information content (AvgIpc) is 2.74. The Morgan fingerprint density at radius 2 is 2.00 bits per heavy atom. The summed E-state index contributed by atoms with van der Waals surface area (Å²) >= 11 is 6.22. The number of fused-ring (bicyclic) bond motifs is 2. The van der Waals surface area contributed by atoms with Gasteiger partial charge in [-0.05, 0) is 42.3 Å². The van der Waals surface area contributed by atoms with Gasteiger partial charge in [0.25, 0.3) is 0 Å². The minimum atomic E-state index is -0.301. The fourth-order valence-electron chi connectivity index (χ4n) is 4.06. The Morgan fingerprint density at radius 1 is 1.20 bits per heavy atom. The molecule has 30 heavy (non-hydrogen) atoms. The van der Waals surface area contributed by atoms with Crippen LogP contribution in [0.3, 0.4) is 0 Å². The molecule has 5 rings (SSSR count). The zero-order valence-electron chi connectivity index (χ0n) is 16.3. The lowest BCUT2D eigenvalue weighted by molar-refractivity contribution is 0.566. The number of aromatic nitrogens is 1. The van der Waals surface area contributed by atoms with Crippen LogP contribution in [0, 0.1) is 12.7 Å². The second-order valence-corrected chi connectivity index (χ2v) is 7.85. The Hall–Kier alpha value is -2.96. The predicted molar refractivity (Wildman–Crippen MR) is 118 cm³/mol. The van der Waals surface area contributed by atoms with Crippen LogP contribution in [0.4, 0.5) is 10.1 Å². The molecular weight excluding hydrogens is 405 g/mol. The van der Waals surface area contributed by atoms with Gasteiger partial charge in [0.2, 0.25) is 5.43 Å². The Labute approximate surface area is 177 Å². The van der Waals surface area contributed by atoms with Crippen LogP contribution in [0.2, 0.25) is 5.02 Å². The van der Waals surface area contributed by atoms with E-state index in [9.17, 15) is 4.79 Å². The van der Waals surface area contributed by atoms with Crippen LogP contribution in [0.1, 0.15) is 5.56 Å². The molecule has 1 saturated heterocycles. The number of halogens is 2. The first kappa shape index (κ1) is 19.0. The van der Waals surface area contributed by atoms with Gasteiger partial charge in [-0.15, -0.1) is 0 Å². The molecule has 0 unspecified atom stereocenters. The molecule has 0 amide bonds. The molecule has 0 bridgehead atoms. The number of anilines is 1. The minimum absolute atomic E-state index is 0.183. The smallest absolute Gasteiger partial charge is 0.220 e. The topological polar surface area (TPSA) is 58.4 Å². The van der Waals surface area contributed by atoms with Gasteiger partial charge in [0, 0.05) is 37.9 Å². The molecule has 1 N–H and O–H groups in total. The molecule has 4 aromatic rings. The lowest BCUT2D eigenvalue weighted by Gasteiger charge is -2.29. The van der Waals surface area contributed by atoms with E-state index in [-0.39, 0.29) is 16.8 Å². The number of nitrogens with zero attached hydrogens (tertiary/aromatic N) is 2. The van der Waals surface area contributed by atoms with E-state index in [1.807, 2.05) is 17.9 Å². The number of benzene rings is 2. The number of aryl methyl sites for hydroxylation is 1. The maximum atomic E-state index is 15.0. The monoisotopic (exact) mass is 423 g/mol. The molecule has 1 fully saturated rings. The van der Waals surface area contributed by atoms with Crippen molar-refractivity contribution >= 4 is 39.4 Å². The maximum absolute atomic E-state index is 15.0. The summed E-state index contributed by atoms with van der Waals surface area (Å²) in [6.45, 7) is 5.04. The van der Waals surface area contributed by atoms with Crippen LogP contribution in [0.15, 0.2) is 51.8 Å². The quantitative estimate of drug-likeness (QED) is 0.480. The number of hydrogen-bond acceptors (Lipinski definition) is 5. The summed E-state index contributed by atoms with van der Waals surface area (Å²) in [5.74, 6) is -0.301. The number of hydrogen-bond donors (Lipinski definition) is 1. The van der Waals surface area contributed by atoms with Crippen LogP contribution in [-0.4, -0.2) is 31.2 Å². The zero-order valence-corrected chi connectivity index (χ0v) is 17.1. The van der Waals surface area contributed by atoms with Crippen LogP contribution in [0.5, 0.6) is 0 Å². The van der Waals surface area contributed by atoms with Gasteiger partial charge < -0.3 is 14.6 Å². The van der Waals surface area contributed by atoms with E-state index in [1.165, 1.54) is 6.07 Å². The fourth-order valence-corrected chi connectivity index (χ4v) is 4.32. The van der Waals surface area contributed by atoms with E-state index in [0.717, 1.165) is 31.7 Å². The van der Waals surface area contributed by atoms with E-state index >= 15 is 4.39 Å². The van der Waals surface area contributed by atoms with Gasteiger partial charge in [-0.1, -0.05) is 23.7 Å². The van der Waals surface area contributed by atoms with Gasteiger partial charge in [-0.3, -0.25) is 4.79 Å². The van der Waals surface area contributed by atoms with Crippen molar-refractivity contribution in [2.45, 2.75) is 6.92 Å². The number of pyridine rings is 1. The summed E-state index contributed by atoms with van der Waals surface area (Å²) in [5.41, 5.74) is 3.27. The number of piperazine rings is 1. The predicted octanol–water partition coefficient (Wildman–Crippen LogP) is 4.52. The molecule has 0 atom stereocenters. The molecule has 0 radical (unpaired) electrons. The lowest BCUT2D eigenvalue weighted by Crippen LogP contribution is -2.43. The number of rotatable bonds is 2. The van der Waals surface area contributed by atoms with Crippen LogP contribution >= 0.6 is 11.6 Å². The first-order valence-electron chi connectivity index (χ1n) is 9.81. The van der Waals surface area contributed by atoms with Gasteiger partial charge >= 0.3 is 0 Å². The Morgan fingerprint density at radius 3 is 2.77 bits per heavy atom. The van der Waals surface area contributed by atoms with Crippen molar-refractivity contribution in [2.75, 3.05) is 31.1 Å². The summed E-state index contributed by atoms with van der Waals surface area (Å²) in [5, 5.41) is 3.89. The largest absolute Gasteiger partial charge is 0.453 e. The van der Waals surface area contributed by atoms with Crippen molar-refractivity contribution in [3.63, 3.8) is 0 Å². The third-order valence-electron chi connectivity index (χ3n) is 5.55. The van der Waals surface area contributed by atoms with Crippen molar-refractivity contribution in [2.24, 2.45) is 0 Å². The molecule has 1 aliphatic rings. The highest BCUT2D eigenvalue weighted by Crippen LogP contribution is 2.34. The van der Waals surface area contributed by atoms with Gasteiger partial charge in [-0.2, -0.15) is 0 Å². The normalized spacial score (nSPS) is 14.6. The summed E-state index contributed by atoms with van der Waals surface area (Å²) < 4.78 is 21.1. The Kier molecular flexibility index (Phi) is 4.68. The molecule has 152 valence electrons. The molecule has 0 aliphatic carbocycles. The molecule has 3 heterocycles. The van der Waals surface area contributed by atoms with Crippen molar-refractivity contribution in [1.82, 2.24) is 10.3 Å². The SMILES string of the molecule is Cc1cnc2c(=O)c3c(Cl)cccc3oc2c1-c1ccc(N2CCNCC2)c(F)c1. The van der Waals surface area contributed by atoms with Crippen LogP contribution in [0.25, 0.3) is 33.2 Å². The highest BCUT2D eigenvalue weighted by atomic mass is 35.5. The molecule has 2 aromatic heterocycles. The highest BCUT2D eigenvalue weighted by Gasteiger charge is 2.20.